The topological polar surface area (TPSA) is 97.6 Å². The smallest absolute Gasteiger partial charge is 0.416 e. The van der Waals surface area contributed by atoms with E-state index in [-0.39, 0.29) is 27.8 Å². The predicted molar refractivity (Wildman–Crippen MR) is 157 cm³/mol. The molecule has 2 N–H and O–H groups in total. The normalized spacial score (nSPS) is 18.0. The Morgan fingerprint density at radius 3 is 2.44 bits per heavy atom. The molecular formula is C33H25ClF4N2O5. The van der Waals surface area contributed by atoms with Gasteiger partial charge in [0.25, 0.3) is 5.56 Å². The minimum atomic E-state index is -4.82. The third-order valence-corrected chi connectivity index (χ3v) is 8.38. The van der Waals surface area contributed by atoms with Gasteiger partial charge in [-0.25, -0.2) is 4.39 Å². The number of pyridine rings is 1. The maximum Gasteiger partial charge on any atom is 0.416 e. The van der Waals surface area contributed by atoms with Gasteiger partial charge in [0.2, 0.25) is 5.91 Å². The van der Waals surface area contributed by atoms with E-state index in [1.54, 1.807) is 18.2 Å². The molecule has 0 saturated heterocycles. The van der Waals surface area contributed by atoms with Crippen LogP contribution < -0.4 is 15.6 Å². The molecule has 1 fully saturated rings. The van der Waals surface area contributed by atoms with Crippen molar-refractivity contribution in [3.05, 3.63) is 116 Å². The van der Waals surface area contributed by atoms with Crippen molar-refractivity contribution < 1.29 is 37.0 Å². The molecule has 12 heteroatoms. The van der Waals surface area contributed by atoms with Gasteiger partial charge >= 0.3 is 12.1 Å². The van der Waals surface area contributed by atoms with Crippen LogP contribution in [0.5, 0.6) is 11.5 Å². The van der Waals surface area contributed by atoms with E-state index in [1.165, 1.54) is 24.3 Å². The lowest BCUT2D eigenvalue weighted by atomic mass is 9.90. The SMILES string of the molecule is Cc1cccc2c1-c1cc(C3CC3)c(F)c(c1)[C@H](CC(=O)O)NC(=O)[C@H](n1ccc(C(F)(F)F)cc1=O)c1cc(ccc1Cl)O2. The lowest BCUT2D eigenvalue weighted by Crippen LogP contribution is -2.40. The monoisotopic (exact) mass is 640 g/mol. The van der Waals surface area contributed by atoms with Gasteiger partial charge in [-0.15, -0.1) is 0 Å². The molecule has 1 aliphatic carbocycles. The van der Waals surface area contributed by atoms with Crippen molar-refractivity contribution in [1.82, 2.24) is 9.88 Å². The standard InChI is InChI=1S/C33H25ClF4N2O5/c1-16-3-2-4-26-29(16)18-11-21(17-5-6-17)30(35)23(12-18)25(15-28(42)43)39-32(44)31(22-14-20(45-26)7-8-24(22)34)40-10-9-19(13-27(40)41)33(36,37)38/h2-4,7-14,17,25,31H,5-6,15H2,1H3,(H,39,44)(H,42,43)/t25-,31+/m0/s1. The number of hydrogen-bond acceptors (Lipinski definition) is 4. The van der Waals surface area contributed by atoms with Crippen LogP contribution in [0.3, 0.4) is 0 Å². The Hall–Kier alpha value is -4.64. The van der Waals surface area contributed by atoms with E-state index >= 15 is 4.39 Å². The second kappa shape index (κ2) is 11.4. The van der Waals surface area contributed by atoms with Gasteiger partial charge in [-0.05, 0) is 84.8 Å². The number of aromatic nitrogens is 1. The summed E-state index contributed by atoms with van der Waals surface area (Å²) in [5, 5.41) is 12.4. The van der Waals surface area contributed by atoms with Crippen LogP contribution in [0.2, 0.25) is 5.02 Å². The summed E-state index contributed by atoms with van der Waals surface area (Å²) in [5.41, 5.74) is -0.172. The summed E-state index contributed by atoms with van der Waals surface area (Å²) in [5.74, 6) is -2.52. The number of ether oxygens (including phenoxy) is 1. The van der Waals surface area contributed by atoms with E-state index in [0.717, 1.165) is 29.2 Å². The van der Waals surface area contributed by atoms with Gasteiger partial charge in [0, 0.05) is 34.0 Å². The zero-order chi connectivity index (χ0) is 32.2. The molecule has 4 bridgehead atoms. The Labute approximate surface area is 259 Å². The van der Waals surface area contributed by atoms with Crippen LogP contribution in [0, 0.1) is 12.7 Å². The Kier molecular flexibility index (Phi) is 7.68. The quantitative estimate of drug-likeness (QED) is 0.225. The summed E-state index contributed by atoms with van der Waals surface area (Å²) in [7, 11) is 0. The highest BCUT2D eigenvalue weighted by Gasteiger charge is 2.36. The number of halogens is 5. The fourth-order valence-electron chi connectivity index (χ4n) is 5.74. The fourth-order valence-corrected chi connectivity index (χ4v) is 5.96. The van der Waals surface area contributed by atoms with Gasteiger partial charge < -0.3 is 15.2 Å². The van der Waals surface area contributed by atoms with E-state index in [2.05, 4.69) is 5.32 Å². The lowest BCUT2D eigenvalue weighted by molar-refractivity contribution is -0.138. The Balaban J connectivity index is 1.63. The number of nitrogens with zero attached hydrogens (tertiary/aromatic N) is 1. The molecular weight excluding hydrogens is 616 g/mol. The molecule has 1 aliphatic heterocycles. The summed E-state index contributed by atoms with van der Waals surface area (Å²) in [6.45, 7) is 1.84. The van der Waals surface area contributed by atoms with E-state index in [4.69, 9.17) is 16.3 Å². The van der Waals surface area contributed by atoms with Crippen molar-refractivity contribution in [2.45, 2.75) is 50.4 Å². The molecule has 2 aliphatic rings. The molecule has 2 atom stereocenters. The number of aryl methyl sites for hydroxylation is 1. The second-order valence-electron chi connectivity index (χ2n) is 11.2. The number of hydrogen-bond donors (Lipinski definition) is 2. The molecule has 45 heavy (non-hydrogen) atoms. The molecule has 3 aromatic carbocycles. The van der Waals surface area contributed by atoms with E-state index in [1.807, 2.05) is 13.0 Å². The van der Waals surface area contributed by atoms with Crippen LogP contribution in [0.25, 0.3) is 11.1 Å². The molecule has 2 heterocycles. The van der Waals surface area contributed by atoms with Gasteiger partial charge in [-0.1, -0.05) is 23.7 Å². The Bertz CT molecular complexity index is 1920. The van der Waals surface area contributed by atoms with Crippen molar-refractivity contribution in [1.29, 1.82) is 0 Å². The van der Waals surface area contributed by atoms with Crippen LogP contribution in [0.15, 0.2) is 71.7 Å². The number of alkyl halides is 3. The Morgan fingerprint density at radius 1 is 1.04 bits per heavy atom. The first-order valence-electron chi connectivity index (χ1n) is 14.0. The summed E-state index contributed by atoms with van der Waals surface area (Å²) in [6, 6.07) is 10.7. The summed E-state index contributed by atoms with van der Waals surface area (Å²) < 4.78 is 63.4. The molecule has 0 unspecified atom stereocenters. The fraction of sp³-hybridized carbons (Fsp3) is 0.242. The highest BCUT2D eigenvalue weighted by Crippen LogP contribution is 2.47. The highest BCUT2D eigenvalue weighted by molar-refractivity contribution is 6.31. The number of aliphatic carboxylic acids is 1. The number of rotatable bonds is 4. The predicted octanol–water partition coefficient (Wildman–Crippen LogP) is 7.54. The van der Waals surface area contributed by atoms with Gasteiger partial charge in [0.05, 0.1) is 18.0 Å². The maximum atomic E-state index is 16.2. The first kappa shape index (κ1) is 30.4. The number of benzene rings is 3. The molecule has 232 valence electrons. The molecule has 1 saturated carbocycles. The lowest BCUT2D eigenvalue weighted by Gasteiger charge is -2.26. The van der Waals surface area contributed by atoms with Crippen LogP contribution in [-0.2, 0) is 15.8 Å². The van der Waals surface area contributed by atoms with Crippen LogP contribution in [0.4, 0.5) is 17.6 Å². The maximum absolute atomic E-state index is 16.2. The number of nitrogens with one attached hydrogen (secondary N) is 1. The molecule has 1 aromatic heterocycles. The average Bonchev–Trinajstić information content (AvgIpc) is 3.80. The van der Waals surface area contributed by atoms with E-state index < -0.39 is 53.5 Å². The molecule has 4 aromatic rings. The van der Waals surface area contributed by atoms with Crippen molar-refractivity contribution in [3.8, 4) is 22.6 Å². The summed E-state index contributed by atoms with van der Waals surface area (Å²) >= 11 is 6.53. The second-order valence-corrected chi connectivity index (χ2v) is 11.6. The number of carbonyl (C=O) groups excluding carboxylic acids is 1. The van der Waals surface area contributed by atoms with E-state index in [0.29, 0.717) is 34.6 Å². The average molecular weight is 641 g/mol. The number of carbonyl (C=O) groups is 2. The van der Waals surface area contributed by atoms with Crippen molar-refractivity contribution in [2.75, 3.05) is 0 Å². The van der Waals surface area contributed by atoms with Gasteiger partial charge in [-0.2, -0.15) is 13.2 Å². The van der Waals surface area contributed by atoms with Crippen LogP contribution in [-0.4, -0.2) is 21.6 Å². The zero-order valence-electron chi connectivity index (χ0n) is 23.6. The van der Waals surface area contributed by atoms with Crippen molar-refractivity contribution >= 4 is 23.5 Å². The number of carboxylic acid groups (broad SMARTS) is 1. The molecule has 7 nitrogen and oxygen atoms in total. The molecule has 6 rings (SSSR count). The highest BCUT2D eigenvalue weighted by atomic mass is 35.5. The minimum absolute atomic E-state index is 0.0121. The summed E-state index contributed by atoms with van der Waals surface area (Å²) in [6.07, 6.45) is -3.27. The van der Waals surface area contributed by atoms with Crippen LogP contribution >= 0.6 is 11.6 Å². The first-order chi connectivity index (χ1) is 21.3. The molecule has 1 amide bonds. The van der Waals surface area contributed by atoms with Crippen molar-refractivity contribution in [2.24, 2.45) is 0 Å². The third-order valence-electron chi connectivity index (χ3n) is 8.03. The van der Waals surface area contributed by atoms with Gasteiger partial charge in [0.1, 0.15) is 23.4 Å². The first-order valence-corrected chi connectivity index (χ1v) is 14.4. The zero-order valence-corrected chi connectivity index (χ0v) is 24.4. The largest absolute Gasteiger partial charge is 0.481 e. The van der Waals surface area contributed by atoms with Crippen LogP contribution in [0.1, 0.15) is 65.1 Å². The van der Waals surface area contributed by atoms with Gasteiger partial charge in [-0.3, -0.25) is 19.0 Å². The molecule has 0 radical (unpaired) electrons. The third kappa shape index (κ3) is 5.92. The number of carboxylic acids is 1. The number of amides is 1. The van der Waals surface area contributed by atoms with Gasteiger partial charge in [0.15, 0.2) is 0 Å². The molecule has 0 spiro atoms. The summed E-state index contributed by atoms with van der Waals surface area (Å²) in [4.78, 5) is 39.3. The van der Waals surface area contributed by atoms with Crippen molar-refractivity contribution in [3.63, 3.8) is 0 Å². The number of fused-ring (bicyclic) bond motifs is 6. The Morgan fingerprint density at radius 2 is 1.78 bits per heavy atom. The minimum Gasteiger partial charge on any atom is -0.481 e. The van der Waals surface area contributed by atoms with E-state index in [9.17, 15) is 32.7 Å².